The SMILES string of the molecule is COc1ccc(-c2csc(NC(=O)c3ccc(=O)n(C)n3)n2)cc1F. The number of nitrogens with zero attached hydrogens (tertiary/aromatic N) is 3. The molecule has 3 rings (SSSR count). The van der Waals surface area contributed by atoms with Gasteiger partial charge in [0, 0.05) is 24.1 Å². The smallest absolute Gasteiger partial charge is 0.277 e. The minimum atomic E-state index is -0.493. The fraction of sp³-hybridized carbons (Fsp3) is 0.125. The Labute approximate surface area is 145 Å². The van der Waals surface area contributed by atoms with Crippen molar-refractivity contribution in [2.45, 2.75) is 0 Å². The Morgan fingerprint density at radius 2 is 2.12 bits per heavy atom. The number of hydrogen-bond acceptors (Lipinski definition) is 6. The second-order valence-electron chi connectivity index (χ2n) is 5.02. The number of anilines is 1. The quantitative estimate of drug-likeness (QED) is 0.772. The number of hydrogen-bond donors (Lipinski definition) is 1. The predicted molar refractivity (Wildman–Crippen MR) is 91.5 cm³/mol. The number of aryl methyl sites for hydroxylation is 1. The molecule has 1 N–H and O–H groups in total. The van der Waals surface area contributed by atoms with Crippen LogP contribution in [0, 0.1) is 5.82 Å². The summed E-state index contributed by atoms with van der Waals surface area (Å²) in [5.74, 6) is -0.835. The van der Waals surface area contributed by atoms with E-state index in [-0.39, 0.29) is 17.0 Å². The zero-order valence-corrected chi connectivity index (χ0v) is 14.1. The molecule has 0 saturated heterocycles. The summed E-state index contributed by atoms with van der Waals surface area (Å²) in [4.78, 5) is 27.7. The molecule has 0 bridgehead atoms. The summed E-state index contributed by atoms with van der Waals surface area (Å²) in [6.07, 6.45) is 0. The van der Waals surface area contributed by atoms with Crippen LogP contribution in [0.15, 0.2) is 40.5 Å². The first-order valence-corrected chi connectivity index (χ1v) is 8.01. The Morgan fingerprint density at radius 1 is 1.32 bits per heavy atom. The monoisotopic (exact) mass is 360 g/mol. The van der Waals surface area contributed by atoms with Gasteiger partial charge >= 0.3 is 0 Å². The van der Waals surface area contributed by atoms with Gasteiger partial charge in [0.05, 0.1) is 12.8 Å². The molecule has 7 nitrogen and oxygen atoms in total. The van der Waals surface area contributed by atoms with Crippen molar-refractivity contribution in [1.29, 1.82) is 0 Å². The van der Waals surface area contributed by atoms with Crippen LogP contribution in [-0.4, -0.2) is 27.8 Å². The molecule has 0 atom stereocenters. The third kappa shape index (κ3) is 3.56. The topological polar surface area (TPSA) is 86.1 Å². The lowest BCUT2D eigenvalue weighted by atomic mass is 10.1. The Hall–Kier alpha value is -3.07. The van der Waals surface area contributed by atoms with E-state index in [1.54, 1.807) is 11.4 Å². The van der Waals surface area contributed by atoms with Crippen molar-refractivity contribution in [3.05, 3.63) is 57.6 Å². The molecule has 0 unspecified atom stereocenters. The molecule has 2 aromatic heterocycles. The maximum atomic E-state index is 13.8. The van der Waals surface area contributed by atoms with Crippen molar-refractivity contribution < 1.29 is 13.9 Å². The minimum Gasteiger partial charge on any atom is -0.494 e. The van der Waals surface area contributed by atoms with E-state index < -0.39 is 11.7 Å². The highest BCUT2D eigenvalue weighted by atomic mass is 32.1. The number of nitrogens with one attached hydrogen (secondary N) is 1. The number of aromatic nitrogens is 3. The third-order valence-electron chi connectivity index (χ3n) is 3.37. The van der Waals surface area contributed by atoms with Gasteiger partial charge in [-0.2, -0.15) is 5.10 Å². The first kappa shape index (κ1) is 16.8. The molecule has 0 aliphatic heterocycles. The zero-order valence-electron chi connectivity index (χ0n) is 13.3. The fourth-order valence-corrected chi connectivity index (χ4v) is 2.79. The summed E-state index contributed by atoms with van der Waals surface area (Å²) in [6.45, 7) is 0. The number of amides is 1. The molecule has 2 heterocycles. The highest BCUT2D eigenvalue weighted by Crippen LogP contribution is 2.28. The first-order chi connectivity index (χ1) is 12.0. The Kier molecular flexibility index (Phi) is 4.57. The van der Waals surface area contributed by atoms with Crippen LogP contribution in [0.25, 0.3) is 11.3 Å². The molecule has 0 saturated carbocycles. The van der Waals surface area contributed by atoms with Gasteiger partial charge in [-0.3, -0.25) is 14.9 Å². The molecular weight excluding hydrogens is 347 g/mol. The van der Waals surface area contributed by atoms with E-state index in [1.807, 2.05) is 0 Å². The van der Waals surface area contributed by atoms with Crippen molar-refractivity contribution in [3.63, 3.8) is 0 Å². The van der Waals surface area contributed by atoms with Crippen molar-refractivity contribution in [1.82, 2.24) is 14.8 Å². The van der Waals surface area contributed by atoms with Crippen LogP contribution in [0.5, 0.6) is 5.75 Å². The van der Waals surface area contributed by atoms with Gasteiger partial charge in [-0.15, -0.1) is 11.3 Å². The minimum absolute atomic E-state index is 0.0920. The molecule has 128 valence electrons. The average molecular weight is 360 g/mol. The fourth-order valence-electron chi connectivity index (χ4n) is 2.07. The normalized spacial score (nSPS) is 10.5. The van der Waals surface area contributed by atoms with E-state index in [1.165, 1.54) is 49.8 Å². The van der Waals surface area contributed by atoms with E-state index in [0.29, 0.717) is 16.4 Å². The van der Waals surface area contributed by atoms with E-state index in [9.17, 15) is 14.0 Å². The molecule has 0 aliphatic carbocycles. The number of carbonyl (C=O) groups excluding carboxylic acids is 1. The van der Waals surface area contributed by atoms with E-state index >= 15 is 0 Å². The average Bonchev–Trinajstić information content (AvgIpc) is 3.05. The van der Waals surface area contributed by atoms with Gasteiger partial charge in [0.1, 0.15) is 5.69 Å². The Bertz CT molecular complexity index is 999. The molecule has 25 heavy (non-hydrogen) atoms. The number of halogens is 1. The molecule has 1 aromatic carbocycles. The van der Waals surface area contributed by atoms with Gasteiger partial charge in [-0.05, 0) is 24.3 Å². The zero-order chi connectivity index (χ0) is 18.0. The van der Waals surface area contributed by atoms with Gasteiger partial charge in [0.25, 0.3) is 11.5 Å². The van der Waals surface area contributed by atoms with Crippen LogP contribution >= 0.6 is 11.3 Å². The van der Waals surface area contributed by atoms with Crippen molar-refractivity contribution >= 4 is 22.4 Å². The number of carbonyl (C=O) groups is 1. The van der Waals surface area contributed by atoms with E-state index in [2.05, 4.69) is 15.4 Å². The molecule has 1 amide bonds. The third-order valence-corrected chi connectivity index (χ3v) is 4.12. The molecule has 3 aromatic rings. The molecule has 9 heteroatoms. The summed E-state index contributed by atoms with van der Waals surface area (Å²) >= 11 is 1.20. The number of thiazole rings is 1. The number of ether oxygens (including phenoxy) is 1. The summed E-state index contributed by atoms with van der Waals surface area (Å²) in [5, 5.41) is 8.51. The van der Waals surface area contributed by atoms with E-state index in [4.69, 9.17) is 4.74 Å². The second kappa shape index (κ2) is 6.81. The number of methoxy groups -OCH3 is 1. The van der Waals surface area contributed by atoms with Crippen LogP contribution in [0.2, 0.25) is 0 Å². The van der Waals surface area contributed by atoms with Crippen LogP contribution in [0.1, 0.15) is 10.5 Å². The summed E-state index contributed by atoms with van der Waals surface area (Å²) in [7, 11) is 2.85. The highest BCUT2D eigenvalue weighted by Gasteiger charge is 2.13. The molecule has 0 fully saturated rings. The lowest BCUT2D eigenvalue weighted by Gasteiger charge is -2.03. The largest absolute Gasteiger partial charge is 0.494 e. The van der Waals surface area contributed by atoms with Crippen LogP contribution in [-0.2, 0) is 7.05 Å². The van der Waals surface area contributed by atoms with E-state index in [0.717, 1.165) is 4.68 Å². The number of benzene rings is 1. The van der Waals surface area contributed by atoms with Gasteiger partial charge in [0.2, 0.25) is 0 Å². The molecule has 0 aliphatic rings. The molecular formula is C16H13FN4O3S. The van der Waals surface area contributed by atoms with Crippen molar-refractivity contribution in [3.8, 4) is 17.0 Å². The lowest BCUT2D eigenvalue weighted by Crippen LogP contribution is -2.23. The van der Waals surface area contributed by atoms with Crippen molar-refractivity contribution in [2.75, 3.05) is 12.4 Å². The summed E-state index contributed by atoms with van der Waals surface area (Å²) in [5.41, 5.74) is 0.870. The van der Waals surface area contributed by atoms with Crippen LogP contribution < -0.4 is 15.6 Å². The van der Waals surface area contributed by atoms with Gasteiger partial charge in [-0.1, -0.05) is 0 Å². The lowest BCUT2D eigenvalue weighted by molar-refractivity contribution is 0.102. The van der Waals surface area contributed by atoms with Crippen LogP contribution in [0.4, 0.5) is 9.52 Å². The van der Waals surface area contributed by atoms with Gasteiger partial charge < -0.3 is 4.74 Å². The summed E-state index contributed by atoms with van der Waals surface area (Å²) in [6, 6.07) is 7.10. The standard InChI is InChI=1S/C16H13FN4O3S/c1-21-14(22)6-4-11(20-21)15(23)19-16-18-12(8-25-16)9-3-5-13(24-2)10(17)7-9/h3-8H,1-2H3,(H,18,19,23). The van der Waals surface area contributed by atoms with Crippen molar-refractivity contribution in [2.24, 2.45) is 7.05 Å². The van der Waals surface area contributed by atoms with Gasteiger partial charge in [0.15, 0.2) is 16.7 Å². The number of rotatable bonds is 4. The van der Waals surface area contributed by atoms with Gasteiger partial charge in [-0.25, -0.2) is 14.1 Å². The maximum absolute atomic E-state index is 13.8. The molecule has 0 radical (unpaired) electrons. The maximum Gasteiger partial charge on any atom is 0.277 e. The molecule has 0 spiro atoms. The second-order valence-corrected chi connectivity index (χ2v) is 5.88. The van der Waals surface area contributed by atoms with Crippen LogP contribution in [0.3, 0.4) is 0 Å². The predicted octanol–water partition coefficient (Wildman–Crippen LogP) is 2.30. The summed E-state index contributed by atoms with van der Waals surface area (Å²) < 4.78 is 19.7. The Balaban J connectivity index is 1.79. The highest BCUT2D eigenvalue weighted by molar-refractivity contribution is 7.14. The Morgan fingerprint density at radius 3 is 2.80 bits per heavy atom. The first-order valence-electron chi connectivity index (χ1n) is 7.13.